The monoisotopic (exact) mass is 858 g/mol. The molecule has 0 aliphatic rings. The van der Waals surface area contributed by atoms with Gasteiger partial charge < -0.3 is 25.2 Å². The molecule has 346 valence electrons. The summed E-state index contributed by atoms with van der Waals surface area (Å²) in [5.41, 5.74) is 5.34. The lowest BCUT2D eigenvalue weighted by Gasteiger charge is -2.20. The standard InChI is InChI=1S/C47H88NO10P/c1-3-5-7-9-11-13-15-17-19-20-21-22-23-24-25-27-28-30-32-34-36-38-45(49)55-40-43(41-56-59(53,54)57-42-44(48)47(51)52)58-46(50)39-37-35-33-31-29-26-18-16-14-12-10-8-6-4-2/h16-19,43-44H,3-15,20-42,48H2,1-2H3,(H,51,52)(H,53,54)/b18-16+,19-17+/t43-,44-/m0/s1. The summed E-state index contributed by atoms with van der Waals surface area (Å²) in [6, 6.07) is -1.52. The molecule has 3 atom stereocenters. The molecular formula is C47H88NO10P. The number of hydrogen-bond acceptors (Lipinski definition) is 9. The van der Waals surface area contributed by atoms with E-state index in [9.17, 15) is 23.8 Å². The number of phosphoric acid groups is 1. The van der Waals surface area contributed by atoms with E-state index in [-0.39, 0.29) is 19.4 Å². The van der Waals surface area contributed by atoms with Gasteiger partial charge in [-0.15, -0.1) is 0 Å². The maximum Gasteiger partial charge on any atom is 0.472 e. The van der Waals surface area contributed by atoms with Gasteiger partial charge in [0.05, 0.1) is 13.2 Å². The smallest absolute Gasteiger partial charge is 0.472 e. The Morgan fingerprint density at radius 1 is 0.508 bits per heavy atom. The van der Waals surface area contributed by atoms with E-state index < -0.39 is 51.1 Å². The molecule has 11 nitrogen and oxygen atoms in total. The van der Waals surface area contributed by atoms with Gasteiger partial charge in [0.15, 0.2) is 6.10 Å². The summed E-state index contributed by atoms with van der Waals surface area (Å²) in [6.45, 7) is 2.80. The van der Waals surface area contributed by atoms with Gasteiger partial charge in [-0.3, -0.25) is 23.4 Å². The van der Waals surface area contributed by atoms with E-state index in [1.54, 1.807) is 0 Å². The second-order valence-corrected chi connectivity index (χ2v) is 17.7. The zero-order valence-electron chi connectivity index (χ0n) is 37.6. The molecule has 0 saturated heterocycles. The molecule has 0 aromatic rings. The number of unbranched alkanes of at least 4 members (excludes halogenated alkanes) is 27. The summed E-state index contributed by atoms with van der Waals surface area (Å²) in [7, 11) is -4.72. The molecule has 0 amide bonds. The van der Waals surface area contributed by atoms with E-state index >= 15 is 0 Å². The van der Waals surface area contributed by atoms with Gasteiger partial charge in [0, 0.05) is 12.8 Å². The first-order valence-electron chi connectivity index (χ1n) is 23.9. The molecule has 0 fully saturated rings. The molecule has 0 radical (unpaired) electrons. The van der Waals surface area contributed by atoms with E-state index in [4.69, 9.17) is 24.8 Å². The maximum atomic E-state index is 12.6. The molecule has 0 aromatic carbocycles. The van der Waals surface area contributed by atoms with Gasteiger partial charge in [-0.1, -0.05) is 173 Å². The molecule has 4 N–H and O–H groups in total. The first kappa shape index (κ1) is 57.0. The predicted octanol–water partition coefficient (Wildman–Crippen LogP) is 13.0. The molecule has 1 unspecified atom stereocenters. The fourth-order valence-electron chi connectivity index (χ4n) is 6.64. The first-order valence-corrected chi connectivity index (χ1v) is 25.4. The van der Waals surface area contributed by atoms with Crippen LogP contribution in [0.4, 0.5) is 0 Å². The molecule has 59 heavy (non-hydrogen) atoms. The molecular weight excluding hydrogens is 769 g/mol. The quantitative estimate of drug-likeness (QED) is 0.0230. The Bertz CT molecular complexity index is 1100. The van der Waals surface area contributed by atoms with Crippen molar-refractivity contribution in [3.05, 3.63) is 24.3 Å². The number of phosphoric ester groups is 1. The normalized spacial score (nSPS) is 13.8. The summed E-state index contributed by atoms with van der Waals surface area (Å²) >= 11 is 0. The van der Waals surface area contributed by atoms with Crippen LogP contribution in [0.3, 0.4) is 0 Å². The van der Waals surface area contributed by atoms with Crippen LogP contribution in [0.2, 0.25) is 0 Å². The molecule has 0 aliphatic carbocycles. The largest absolute Gasteiger partial charge is 0.480 e. The van der Waals surface area contributed by atoms with Crippen molar-refractivity contribution in [3.8, 4) is 0 Å². The average molecular weight is 858 g/mol. The number of esters is 2. The van der Waals surface area contributed by atoms with E-state index in [1.165, 1.54) is 128 Å². The summed E-state index contributed by atoms with van der Waals surface area (Å²) in [4.78, 5) is 46.0. The highest BCUT2D eigenvalue weighted by molar-refractivity contribution is 7.47. The molecule has 0 aromatic heterocycles. The van der Waals surface area contributed by atoms with Gasteiger partial charge in [-0.2, -0.15) is 0 Å². The predicted molar refractivity (Wildman–Crippen MR) is 240 cm³/mol. The Kier molecular flexibility index (Phi) is 41.2. The van der Waals surface area contributed by atoms with Gasteiger partial charge in [0.2, 0.25) is 0 Å². The summed E-state index contributed by atoms with van der Waals surface area (Å²) in [5, 5.41) is 8.90. The van der Waals surface area contributed by atoms with Crippen molar-refractivity contribution in [1.82, 2.24) is 0 Å². The highest BCUT2D eigenvalue weighted by atomic mass is 31.2. The van der Waals surface area contributed by atoms with E-state index in [1.807, 2.05) is 0 Å². The van der Waals surface area contributed by atoms with Crippen LogP contribution in [0.15, 0.2) is 24.3 Å². The maximum absolute atomic E-state index is 12.6. The number of carboxylic acid groups (broad SMARTS) is 1. The number of hydrogen-bond donors (Lipinski definition) is 3. The fraction of sp³-hybridized carbons (Fsp3) is 0.851. The third-order valence-corrected chi connectivity index (χ3v) is 11.4. The highest BCUT2D eigenvalue weighted by Crippen LogP contribution is 2.43. The van der Waals surface area contributed by atoms with Crippen LogP contribution in [0.5, 0.6) is 0 Å². The number of carbonyl (C=O) groups excluding carboxylic acids is 2. The van der Waals surface area contributed by atoms with Crippen LogP contribution in [-0.4, -0.2) is 59.9 Å². The summed E-state index contributed by atoms with van der Waals surface area (Å²) < 4.78 is 32.8. The minimum absolute atomic E-state index is 0.153. The summed E-state index contributed by atoms with van der Waals surface area (Å²) in [5.74, 6) is -2.38. The number of allylic oxidation sites excluding steroid dienone is 4. The van der Waals surface area contributed by atoms with Crippen molar-refractivity contribution in [3.63, 3.8) is 0 Å². The van der Waals surface area contributed by atoms with Gasteiger partial charge >= 0.3 is 25.7 Å². The number of carbonyl (C=O) groups is 3. The van der Waals surface area contributed by atoms with Gasteiger partial charge in [0.25, 0.3) is 0 Å². The van der Waals surface area contributed by atoms with Crippen LogP contribution in [0, 0.1) is 0 Å². The van der Waals surface area contributed by atoms with Crippen LogP contribution < -0.4 is 5.73 Å². The second kappa shape index (κ2) is 42.6. The van der Waals surface area contributed by atoms with Crippen molar-refractivity contribution in [2.45, 2.75) is 238 Å². The van der Waals surface area contributed by atoms with Crippen LogP contribution >= 0.6 is 7.82 Å². The van der Waals surface area contributed by atoms with Gasteiger partial charge in [-0.05, 0) is 64.2 Å². The number of nitrogens with two attached hydrogens (primary N) is 1. The zero-order valence-corrected chi connectivity index (χ0v) is 38.5. The molecule has 0 saturated carbocycles. The van der Waals surface area contributed by atoms with Crippen molar-refractivity contribution in [1.29, 1.82) is 0 Å². The lowest BCUT2D eigenvalue weighted by atomic mass is 10.0. The Morgan fingerprint density at radius 3 is 1.24 bits per heavy atom. The third-order valence-electron chi connectivity index (χ3n) is 10.4. The van der Waals surface area contributed by atoms with E-state index in [0.29, 0.717) is 12.8 Å². The van der Waals surface area contributed by atoms with E-state index in [0.717, 1.165) is 57.8 Å². The number of rotatable bonds is 45. The molecule has 0 bridgehead atoms. The second-order valence-electron chi connectivity index (χ2n) is 16.2. The highest BCUT2D eigenvalue weighted by Gasteiger charge is 2.28. The summed E-state index contributed by atoms with van der Waals surface area (Å²) in [6.07, 6.45) is 45.3. The average Bonchev–Trinajstić information content (AvgIpc) is 3.21. The number of ether oxygens (including phenoxy) is 2. The number of carboxylic acids is 1. The Hall–Kier alpha value is -2.04. The SMILES string of the molecule is CCCCCCC/C=C/CCCCCCCC(=O)O[C@@H](COC(=O)CCCCCCCCCCCCC/C=C/CCCCCCCC)COP(=O)(O)OC[C@H](N)C(=O)O. The topological polar surface area (TPSA) is 172 Å². The molecule has 0 heterocycles. The van der Waals surface area contributed by atoms with E-state index in [2.05, 4.69) is 42.7 Å². The third kappa shape index (κ3) is 42.4. The number of aliphatic carboxylic acids is 1. The van der Waals surface area contributed by atoms with Crippen molar-refractivity contribution in [2.75, 3.05) is 19.8 Å². The molecule has 0 aliphatic heterocycles. The van der Waals surface area contributed by atoms with Crippen molar-refractivity contribution < 1.29 is 47.5 Å². The van der Waals surface area contributed by atoms with Crippen molar-refractivity contribution in [2.24, 2.45) is 5.73 Å². The lowest BCUT2D eigenvalue weighted by Crippen LogP contribution is -2.34. The van der Waals surface area contributed by atoms with Crippen LogP contribution in [0.25, 0.3) is 0 Å². The van der Waals surface area contributed by atoms with Crippen molar-refractivity contribution >= 4 is 25.7 Å². The van der Waals surface area contributed by atoms with Crippen LogP contribution in [-0.2, 0) is 37.5 Å². The minimum Gasteiger partial charge on any atom is -0.480 e. The Labute approximate surface area is 360 Å². The molecule has 0 spiro atoms. The Balaban J connectivity index is 4.25. The first-order chi connectivity index (χ1) is 28.6. The lowest BCUT2D eigenvalue weighted by molar-refractivity contribution is -0.161. The zero-order chi connectivity index (χ0) is 43.5. The van der Waals surface area contributed by atoms with Gasteiger partial charge in [-0.25, -0.2) is 4.57 Å². The minimum atomic E-state index is -4.72. The van der Waals surface area contributed by atoms with Gasteiger partial charge in [0.1, 0.15) is 12.6 Å². The molecule has 12 heteroatoms. The Morgan fingerprint density at radius 2 is 0.847 bits per heavy atom. The molecule has 0 rings (SSSR count). The fourth-order valence-corrected chi connectivity index (χ4v) is 7.42. The van der Waals surface area contributed by atoms with Crippen LogP contribution in [0.1, 0.15) is 226 Å².